The predicted octanol–water partition coefficient (Wildman–Crippen LogP) is -4.55. The number of aliphatic carboxylic acids is 1. The fourth-order valence-corrected chi connectivity index (χ4v) is 1.22. The molecule has 1 fully saturated rings. The first-order chi connectivity index (χ1) is 5.20. The van der Waals surface area contributed by atoms with Crippen molar-refractivity contribution in [1.29, 1.82) is 0 Å². The van der Waals surface area contributed by atoms with Crippen LogP contribution in [0.15, 0.2) is 0 Å². The fourth-order valence-electron chi connectivity index (χ4n) is 1.22. The Balaban J connectivity index is 0.00000121. The molecule has 0 aromatic carbocycles. The van der Waals surface area contributed by atoms with Crippen LogP contribution in [0.5, 0.6) is 0 Å². The maximum absolute atomic E-state index is 11.0. The number of carbonyl (C=O) groups is 2. The zero-order valence-electron chi connectivity index (χ0n) is 7.13. The minimum atomic E-state index is -1.29. The van der Waals surface area contributed by atoms with Gasteiger partial charge in [0, 0.05) is 12.4 Å². The normalized spacial score (nSPS) is 21.5. The van der Waals surface area contributed by atoms with E-state index in [9.17, 15) is 14.7 Å². The Morgan fingerprint density at radius 3 is 2.58 bits per heavy atom. The molecule has 0 radical (unpaired) electrons. The topological polar surface area (TPSA) is 69.2 Å². The van der Waals surface area contributed by atoms with Gasteiger partial charge in [-0.05, 0) is 19.4 Å². The summed E-state index contributed by atoms with van der Waals surface area (Å²) in [5.41, 5.74) is 0. The van der Waals surface area contributed by atoms with Crippen LogP contribution in [0.2, 0.25) is 0 Å². The van der Waals surface area contributed by atoms with E-state index in [0.29, 0.717) is 0 Å². The minimum Gasteiger partial charge on any atom is -0.550 e. The van der Waals surface area contributed by atoms with Gasteiger partial charge in [0.15, 0.2) is 5.78 Å². The zero-order chi connectivity index (χ0) is 8.27. The summed E-state index contributed by atoms with van der Waals surface area (Å²) in [4.78, 5) is 21.0. The van der Waals surface area contributed by atoms with E-state index in [1.54, 1.807) is 0 Å². The molecule has 12 heavy (non-hydrogen) atoms. The molecular weight excluding hydrogens is 169 g/mol. The van der Waals surface area contributed by atoms with Gasteiger partial charge in [0.1, 0.15) is 0 Å². The van der Waals surface area contributed by atoms with Crippen molar-refractivity contribution in [3.8, 4) is 0 Å². The van der Waals surface area contributed by atoms with Gasteiger partial charge in [-0.25, -0.2) is 0 Å². The SMILES string of the molecule is O=C([O-])CC(=O)[C@@H]1CCCN1.[Na+]. The van der Waals surface area contributed by atoms with Crippen LogP contribution in [0.25, 0.3) is 0 Å². The number of carboxylic acids is 1. The molecule has 1 atom stereocenters. The molecule has 1 saturated heterocycles. The number of ketones is 1. The standard InChI is InChI=1S/C7H11NO3.Na/c9-6(4-7(10)11)5-2-1-3-8-5;/h5,8H,1-4H2,(H,10,11);/q;+1/p-1/t5-;/m0./s1. The molecule has 1 aliphatic rings. The number of carbonyl (C=O) groups excluding carboxylic acids is 2. The van der Waals surface area contributed by atoms with E-state index in [0.717, 1.165) is 19.4 Å². The van der Waals surface area contributed by atoms with E-state index < -0.39 is 12.4 Å². The Morgan fingerprint density at radius 2 is 2.17 bits per heavy atom. The Bertz CT molecular complexity index is 177. The summed E-state index contributed by atoms with van der Waals surface area (Å²) in [6.07, 6.45) is 1.24. The molecule has 1 rings (SSSR count). The van der Waals surface area contributed by atoms with Crippen LogP contribution in [0.1, 0.15) is 19.3 Å². The van der Waals surface area contributed by atoms with Gasteiger partial charge < -0.3 is 15.2 Å². The van der Waals surface area contributed by atoms with E-state index in [1.165, 1.54) is 0 Å². The number of carboxylic acid groups (broad SMARTS) is 1. The maximum Gasteiger partial charge on any atom is 1.00 e. The average Bonchev–Trinajstić information content (AvgIpc) is 2.35. The van der Waals surface area contributed by atoms with Crippen molar-refractivity contribution in [3.63, 3.8) is 0 Å². The number of hydrogen-bond acceptors (Lipinski definition) is 4. The molecule has 1 aliphatic heterocycles. The van der Waals surface area contributed by atoms with Gasteiger partial charge in [-0.1, -0.05) is 0 Å². The Labute approximate surface area is 93.0 Å². The third-order valence-corrected chi connectivity index (χ3v) is 1.77. The number of Topliss-reactive ketones (excluding diaryl/α,β-unsaturated/α-hetero) is 1. The average molecular weight is 179 g/mol. The summed E-state index contributed by atoms with van der Waals surface area (Å²) in [5, 5.41) is 12.9. The number of hydrogen-bond donors (Lipinski definition) is 1. The zero-order valence-corrected chi connectivity index (χ0v) is 9.13. The van der Waals surface area contributed by atoms with Crippen molar-refractivity contribution in [2.45, 2.75) is 25.3 Å². The van der Waals surface area contributed by atoms with Gasteiger partial charge in [0.2, 0.25) is 0 Å². The number of rotatable bonds is 3. The van der Waals surface area contributed by atoms with Crippen LogP contribution in [-0.2, 0) is 9.59 Å². The van der Waals surface area contributed by atoms with Crippen LogP contribution in [0.3, 0.4) is 0 Å². The molecule has 0 saturated carbocycles. The van der Waals surface area contributed by atoms with Gasteiger partial charge >= 0.3 is 29.6 Å². The molecule has 0 spiro atoms. The van der Waals surface area contributed by atoms with Crippen molar-refractivity contribution in [2.75, 3.05) is 6.54 Å². The van der Waals surface area contributed by atoms with Gasteiger partial charge in [0.05, 0.1) is 6.04 Å². The summed E-state index contributed by atoms with van der Waals surface area (Å²) >= 11 is 0. The second-order valence-electron chi connectivity index (χ2n) is 2.66. The van der Waals surface area contributed by atoms with E-state index in [-0.39, 0.29) is 41.4 Å². The summed E-state index contributed by atoms with van der Waals surface area (Å²) in [7, 11) is 0. The molecule has 0 aromatic heterocycles. The van der Waals surface area contributed by atoms with Crippen LogP contribution in [-0.4, -0.2) is 24.3 Å². The summed E-state index contributed by atoms with van der Waals surface area (Å²) in [6, 6.07) is -0.243. The molecule has 1 N–H and O–H groups in total. The Morgan fingerprint density at radius 1 is 1.50 bits per heavy atom. The molecule has 5 heteroatoms. The van der Waals surface area contributed by atoms with Crippen molar-refractivity contribution in [1.82, 2.24) is 5.32 Å². The molecule has 0 unspecified atom stereocenters. The first kappa shape index (κ1) is 12.1. The van der Waals surface area contributed by atoms with Crippen LogP contribution < -0.4 is 40.0 Å². The van der Waals surface area contributed by atoms with Crippen LogP contribution in [0.4, 0.5) is 0 Å². The van der Waals surface area contributed by atoms with Crippen LogP contribution in [0, 0.1) is 0 Å². The second kappa shape index (κ2) is 5.70. The monoisotopic (exact) mass is 179 g/mol. The third kappa shape index (κ3) is 3.67. The van der Waals surface area contributed by atoms with E-state index in [4.69, 9.17) is 0 Å². The van der Waals surface area contributed by atoms with Crippen molar-refractivity contribution in [3.05, 3.63) is 0 Å². The second-order valence-corrected chi connectivity index (χ2v) is 2.66. The van der Waals surface area contributed by atoms with Crippen LogP contribution >= 0.6 is 0 Å². The summed E-state index contributed by atoms with van der Waals surface area (Å²) in [6.45, 7) is 0.809. The van der Waals surface area contributed by atoms with Gasteiger partial charge in [-0.15, -0.1) is 0 Å². The quantitative estimate of drug-likeness (QED) is 0.350. The molecule has 0 aliphatic carbocycles. The smallest absolute Gasteiger partial charge is 0.550 e. The molecule has 4 nitrogen and oxygen atoms in total. The van der Waals surface area contributed by atoms with Gasteiger partial charge in [-0.3, -0.25) is 4.79 Å². The van der Waals surface area contributed by atoms with Gasteiger partial charge in [0.25, 0.3) is 0 Å². The minimum absolute atomic E-state index is 0. The van der Waals surface area contributed by atoms with Crippen molar-refractivity contribution >= 4 is 11.8 Å². The summed E-state index contributed by atoms with van der Waals surface area (Å²) in [5.74, 6) is -1.55. The molecule has 0 bridgehead atoms. The van der Waals surface area contributed by atoms with E-state index in [2.05, 4.69) is 5.32 Å². The molecule has 0 aromatic rings. The number of nitrogens with one attached hydrogen (secondary N) is 1. The van der Waals surface area contributed by atoms with E-state index >= 15 is 0 Å². The fraction of sp³-hybridized carbons (Fsp3) is 0.714. The first-order valence-corrected chi connectivity index (χ1v) is 3.66. The molecular formula is C7H10NNaO3. The van der Waals surface area contributed by atoms with Crippen molar-refractivity contribution in [2.24, 2.45) is 0 Å². The third-order valence-electron chi connectivity index (χ3n) is 1.77. The predicted molar refractivity (Wildman–Crippen MR) is 35.7 cm³/mol. The maximum atomic E-state index is 11.0. The largest absolute Gasteiger partial charge is 1.00 e. The van der Waals surface area contributed by atoms with E-state index in [1.807, 2.05) is 0 Å². The Kier molecular flexibility index (Phi) is 5.74. The molecule has 0 amide bonds. The Hall–Kier alpha value is 0.1000. The summed E-state index contributed by atoms with van der Waals surface area (Å²) < 4.78 is 0. The molecule has 62 valence electrons. The molecule has 1 heterocycles. The van der Waals surface area contributed by atoms with Crippen molar-refractivity contribution < 1.29 is 44.3 Å². The van der Waals surface area contributed by atoms with Gasteiger partial charge in [-0.2, -0.15) is 0 Å². The first-order valence-electron chi connectivity index (χ1n) is 3.66.